The Balaban J connectivity index is 2.02. The average molecular weight is 305 g/mol. The van der Waals surface area contributed by atoms with Crippen LogP contribution < -0.4 is 5.32 Å². The third-order valence-electron chi connectivity index (χ3n) is 3.05. The summed E-state index contributed by atoms with van der Waals surface area (Å²) in [5.74, 6) is 0. The molecule has 0 bridgehead atoms. The number of halogens is 2. The second-order valence-corrected chi connectivity index (χ2v) is 5.57. The third-order valence-corrected chi connectivity index (χ3v) is 4.19. The molecule has 1 fully saturated rings. The van der Waals surface area contributed by atoms with E-state index in [0.29, 0.717) is 17.2 Å². The van der Waals surface area contributed by atoms with Crippen molar-refractivity contribution in [1.82, 2.24) is 9.88 Å². The zero-order chi connectivity index (χ0) is 11.7. The number of nitrogens with zero attached hydrogens (tertiary/aromatic N) is 2. The van der Waals surface area contributed by atoms with Gasteiger partial charge in [-0.05, 0) is 42.4 Å². The molecule has 2 heterocycles. The van der Waals surface area contributed by atoms with Crippen LogP contribution in [0.1, 0.15) is 13.3 Å². The van der Waals surface area contributed by atoms with E-state index in [4.69, 9.17) is 11.6 Å². The molecular formula is C11H15BrClN3. The molecule has 3 nitrogen and oxygen atoms in total. The van der Waals surface area contributed by atoms with Gasteiger partial charge in [-0.2, -0.15) is 0 Å². The Hall–Kier alpha value is -0.320. The standard InChI is InChI=1S/C11H15BrClN3/c1-7-3-9(6-16(7)2)15-8-4-10(12)11(13)14-5-8/h4-5,7,9,15H,3,6H2,1-2H3. The highest BCUT2D eigenvalue weighted by molar-refractivity contribution is 9.10. The monoisotopic (exact) mass is 303 g/mol. The molecule has 0 radical (unpaired) electrons. The van der Waals surface area contributed by atoms with Gasteiger partial charge in [0.15, 0.2) is 0 Å². The van der Waals surface area contributed by atoms with Crippen LogP contribution in [0.4, 0.5) is 5.69 Å². The Morgan fingerprint density at radius 3 is 2.94 bits per heavy atom. The van der Waals surface area contributed by atoms with Gasteiger partial charge in [0.05, 0.1) is 16.4 Å². The summed E-state index contributed by atoms with van der Waals surface area (Å²) >= 11 is 9.22. The van der Waals surface area contributed by atoms with Gasteiger partial charge >= 0.3 is 0 Å². The number of pyridine rings is 1. The number of nitrogens with one attached hydrogen (secondary N) is 1. The highest BCUT2D eigenvalue weighted by Crippen LogP contribution is 2.25. The van der Waals surface area contributed by atoms with E-state index in [0.717, 1.165) is 23.1 Å². The maximum Gasteiger partial charge on any atom is 0.143 e. The lowest BCUT2D eigenvalue weighted by Gasteiger charge is -2.14. The van der Waals surface area contributed by atoms with E-state index in [-0.39, 0.29) is 0 Å². The molecular weight excluding hydrogens is 289 g/mol. The largest absolute Gasteiger partial charge is 0.380 e. The van der Waals surface area contributed by atoms with Crippen molar-refractivity contribution in [2.75, 3.05) is 18.9 Å². The van der Waals surface area contributed by atoms with E-state index in [2.05, 4.69) is 45.1 Å². The smallest absolute Gasteiger partial charge is 0.143 e. The van der Waals surface area contributed by atoms with Crippen LogP contribution in [0, 0.1) is 0 Å². The van der Waals surface area contributed by atoms with Gasteiger partial charge in [-0.15, -0.1) is 0 Å². The van der Waals surface area contributed by atoms with Crippen LogP contribution in [0.15, 0.2) is 16.7 Å². The highest BCUT2D eigenvalue weighted by Gasteiger charge is 2.25. The molecule has 0 aliphatic carbocycles. The lowest BCUT2D eigenvalue weighted by atomic mass is 10.2. The molecule has 1 aromatic rings. The molecule has 2 atom stereocenters. The van der Waals surface area contributed by atoms with Crippen LogP contribution in [0.5, 0.6) is 0 Å². The fraction of sp³-hybridized carbons (Fsp3) is 0.545. The molecule has 16 heavy (non-hydrogen) atoms. The summed E-state index contributed by atoms with van der Waals surface area (Å²) in [6.07, 6.45) is 2.94. The Kier molecular flexibility index (Phi) is 3.72. The minimum Gasteiger partial charge on any atom is -0.380 e. The predicted molar refractivity (Wildman–Crippen MR) is 71.1 cm³/mol. The van der Waals surface area contributed by atoms with Crippen molar-refractivity contribution in [1.29, 1.82) is 0 Å². The summed E-state index contributed by atoms with van der Waals surface area (Å²) in [7, 11) is 2.16. The van der Waals surface area contributed by atoms with Gasteiger partial charge in [0, 0.05) is 18.6 Å². The molecule has 2 unspecified atom stereocenters. The predicted octanol–water partition coefficient (Wildman–Crippen LogP) is 3.00. The first-order chi connectivity index (χ1) is 7.56. The van der Waals surface area contributed by atoms with Crippen LogP contribution in [0.25, 0.3) is 0 Å². The first-order valence-corrected chi connectivity index (χ1v) is 6.51. The van der Waals surface area contributed by atoms with Gasteiger partial charge in [0.2, 0.25) is 0 Å². The van der Waals surface area contributed by atoms with E-state index in [1.165, 1.54) is 0 Å². The van der Waals surface area contributed by atoms with Gasteiger partial charge < -0.3 is 10.2 Å². The van der Waals surface area contributed by atoms with Gasteiger partial charge in [-0.25, -0.2) is 4.98 Å². The van der Waals surface area contributed by atoms with Crippen molar-refractivity contribution < 1.29 is 0 Å². The number of hydrogen-bond acceptors (Lipinski definition) is 3. The molecule has 88 valence electrons. The maximum absolute atomic E-state index is 5.85. The molecule has 0 aromatic carbocycles. The number of hydrogen-bond donors (Lipinski definition) is 1. The van der Waals surface area contributed by atoms with E-state index in [1.807, 2.05) is 6.07 Å². The number of likely N-dealkylation sites (N-methyl/N-ethyl adjacent to an activating group) is 1. The van der Waals surface area contributed by atoms with E-state index < -0.39 is 0 Å². The summed E-state index contributed by atoms with van der Waals surface area (Å²) < 4.78 is 0.832. The third kappa shape index (κ3) is 2.67. The van der Waals surface area contributed by atoms with Crippen molar-refractivity contribution >= 4 is 33.2 Å². The van der Waals surface area contributed by atoms with Crippen molar-refractivity contribution in [2.24, 2.45) is 0 Å². The first kappa shape index (κ1) is 12.1. The minimum atomic E-state index is 0.495. The zero-order valence-electron chi connectivity index (χ0n) is 9.37. The van der Waals surface area contributed by atoms with Crippen LogP contribution in [-0.4, -0.2) is 35.6 Å². The van der Waals surface area contributed by atoms with Gasteiger partial charge in [-0.3, -0.25) is 0 Å². The Labute approximate surface area is 109 Å². The second kappa shape index (κ2) is 4.90. The molecule has 0 spiro atoms. The topological polar surface area (TPSA) is 28.2 Å². The minimum absolute atomic E-state index is 0.495. The van der Waals surface area contributed by atoms with Gasteiger partial charge in [-0.1, -0.05) is 11.6 Å². The zero-order valence-corrected chi connectivity index (χ0v) is 11.7. The van der Waals surface area contributed by atoms with Crippen LogP contribution in [-0.2, 0) is 0 Å². The molecule has 0 amide bonds. The highest BCUT2D eigenvalue weighted by atomic mass is 79.9. The number of likely N-dealkylation sites (tertiary alicyclic amines) is 1. The normalized spacial score (nSPS) is 26.0. The lowest BCUT2D eigenvalue weighted by molar-refractivity contribution is 0.330. The van der Waals surface area contributed by atoms with Crippen molar-refractivity contribution in [3.8, 4) is 0 Å². The molecule has 1 N–H and O–H groups in total. The number of rotatable bonds is 2. The number of anilines is 1. The molecule has 0 saturated carbocycles. The second-order valence-electron chi connectivity index (χ2n) is 4.36. The molecule has 2 rings (SSSR count). The molecule has 1 aliphatic rings. The summed E-state index contributed by atoms with van der Waals surface area (Å²) in [6.45, 7) is 3.32. The molecule has 5 heteroatoms. The summed E-state index contributed by atoms with van der Waals surface area (Å²) in [4.78, 5) is 6.46. The fourth-order valence-electron chi connectivity index (χ4n) is 2.03. The Bertz CT molecular complexity index is 375. The maximum atomic E-state index is 5.85. The van der Waals surface area contributed by atoms with Crippen LogP contribution in [0.3, 0.4) is 0 Å². The van der Waals surface area contributed by atoms with E-state index >= 15 is 0 Å². The molecule has 1 aromatic heterocycles. The van der Waals surface area contributed by atoms with E-state index in [1.54, 1.807) is 6.20 Å². The van der Waals surface area contributed by atoms with Gasteiger partial charge in [0.1, 0.15) is 5.15 Å². The summed E-state index contributed by atoms with van der Waals surface area (Å²) in [5, 5.41) is 3.98. The van der Waals surface area contributed by atoms with E-state index in [9.17, 15) is 0 Å². The quantitative estimate of drug-likeness (QED) is 0.851. The molecule has 1 aliphatic heterocycles. The Morgan fingerprint density at radius 1 is 1.62 bits per heavy atom. The lowest BCUT2D eigenvalue weighted by Crippen LogP contribution is -2.24. The first-order valence-electron chi connectivity index (χ1n) is 5.34. The summed E-state index contributed by atoms with van der Waals surface area (Å²) in [5.41, 5.74) is 1.02. The fourth-order valence-corrected chi connectivity index (χ4v) is 2.49. The van der Waals surface area contributed by atoms with Crippen molar-refractivity contribution in [3.05, 3.63) is 21.9 Å². The number of aromatic nitrogens is 1. The Morgan fingerprint density at radius 2 is 2.38 bits per heavy atom. The summed E-state index contributed by atoms with van der Waals surface area (Å²) in [6, 6.07) is 3.11. The van der Waals surface area contributed by atoms with Crippen molar-refractivity contribution in [3.63, 3.8) is 0 Å². The average Bonchev–Trinajstić information content (AvgIpc) is 2.52. The van der Waals surface area contributed by atoms with Crippen LogP contribution in [0.2, 0.25) is 5.15 Å². The van der Waals surface area contributed by atoms with Gasteiger partial charge in [0.25, 0.3) is 0 Å². The SMILES string of the molecule is CC1CC(Nc2cnc(Cl)c(Br)c2)CN1C. The molecule has 1 saturated heterocycles. The van der Waals surface area contributed by atoms with Crippen LogP contribution >= 0.6 is 27.5 Å². The van der Waals surface area contributed by atoms with Crippen molar-refractivity contribution in [2.45, 2.75) is 25.4 Å².